The third-order valence-corrected chi connectivity index (χ3v) is 2.30. The van der Waals surface area contributed by atoms with E-state index in [0.717, 1.165) is 0 Å². The van der Waals surface area contributed by atoms with E-state index in [4.69, 9.17) is 4.74 Å². The predicted octanol–water partition coefficient (Wildman–Crippen LogP) is 1.19. The average Bonchev–Trinajstić information content (AvgIpc) is 2.33. The van der Waals surface area contributed by atoms with E-state index in [1.165, 1.54) is 12.3 Å². The van der Waals surface area contributed by atoms with E-state index in [2.05, 4.69) is 9.97 Å². The second-order valence-electron chi connectivity index (χ2n) is 4.03. The summed E-state index contributed by atoms with van der Waals surface area (Å²) in [7, 11) is 0. The SMILES string of the molecule is CC(C)OC(=O)c1[nH]c(=O)c2ncccc2c1O. The van der Waals surface area contributed by atoms with Crippen LogP contribution in [0.5, 0.6) is 5.75 Å². The van der Waals surface area contributed by atoms with Crippen molar-refractivity contribution in [3.05, 3.63) is 34.4 Å². The Balaban J connectivity index is 2.63. The Morgan fingerprint density at radius 3 is 2.89 bits per heavy atom. The number of carbonyl (C=O) groups excluding carboxylic acids is 1. The maximum Gasteiger partial charge on any atom is 0.359 e. The van der Waals surface area contributed by atoms with Crippen LogP contribution in [0.4, 0.5) is 0 Å². The molecule has 0 amide bonds. The monoisotopic (exact) mass is 248 g/mol. The number of hydrogen-bond donors (Lipinski definition) is 2. The summed E-state index contributed by atoms with van der Waals surface area (Å²) in [6, 6.07) is 3.08. The molecule has 6 nitrogen and oxygen atoms in total. The minimum absolute atomic E-state index is 0.0797. The van der Waals surface area contributed by atoms with Crippen LogP contribution in [0.1, 0.15) is 24.3 Å². The lowest BCUT2D eigenvalue weighted by molar-refractivity contribution is 0.0367. The fourth-order valence-corrected chi connectivity index (χ4v) is 1.56. The first-order chi connectivity index (χ1) is 8.50. The Morgan fingerprint density at radius 2 is 2.22 bits per heavy atom. The lowest BCUT2D eigenvalue weighted by Gasteiger charge is -2.09. The first kappa shape index (κ1) is 12.1. The van der Waals surface area contributed by atoms with E-state index in [9.17, 15) is 14.7 Å². The molecule has 2 aromatic heterocycles. The van der Waals surface area contributed by atoms with Crippen molar-refractivity contribution in [3.8, 4) is 5.75 Å². The van der Waals surface area contributed by atoms with Gasteiger partial charge in [0.25, 0.3) is 5.56 Å². The van der Waals surface area contributed by atoms with Gasteiger partial charge in [-0.1, -0.05) is 0 Å². The van der Waals surface area contributed by atoms with Gasteiger partial charge in [-0.2, -0.15) is 0 Å². The summed E-state index contributed by atoms with van der Waals surface area (Å²) >= 11 is 0. The third-order valence-electron chi connectivity index (χ3n) is 2.30. The summed E-state index contributed by atoms with van der Waals surface area (Å²) in [4.78, 5) is 29.5. The maximum atomic E-state index is 11.7. The highest BCUT2D eigenvalue weighted by Crippen LogP contribution is 2.23. The molecule has 0 radical (unpaired) electrons. The van der Waals surface area contributed by atoms with Gasteiger partial charge in [0.05, 0.1) is 11.5 Å². The first-order valence-corrected chi connectivity index (χ1v) is 5.41. The Bertz CT molecular complexity index is 661. The molecule has 2 rings (SSSR count). The highest BCUT2D eigenvalue weighted by molar-refractivity contribution is 5.97. The molecular weight excluding hydrogens is 236 g/mol. The van der Waals surface area contributed by atoms with E-state index in [1.54, 1.807) is 19.9 Å². The van der Waals surface area contributed by atoms with Gasteiger partial charge in [-0.15, -0.1) is 0 Å². The maximum absolute atomic E-state index is 11.7. The van der Waals surface area contributed by atoms with Crippen molar-refractivity contribution in [2.75, 3.05) is 0 Å². The van der Waals surface area contributed by atoms with Crippen molar-refractivity contribution in [3.63, 3.8) is 0 Å². The van der Waals surface area contributed by atoms with Crippen molar-refractivity contribution in [2.45, 2.75) is 20.0 Å². The van der Waals surface area contributed by atoms with Crippen molar-refractivity contribution >= 4 is 16.9 Å². The van der Waals surface area contributed by atoms with Crippen LogP contribution in [0, 0.1) is 0 Å². The summed E-state index contributed by atoms with van der Waals surface area (Å²) in [5, 5.41) is 10.2. The van der Waals surface area contributed by atoms with Crippen molar-refractivity contribution < 1.29 is 14.6 Å². The van der Waals surface area contributed by atoms with Crippen molar-refractivity contribution in [2.24, 2.45) is 0 Å². The number of rotatable bonds is 2. The Hall–Kier alpha value is -2.37. The molecule has 0 spiro atoms. The van der Waals surface area contributed by atoms with Gasteiger partial charge in [0, 0.05) is 6.20 Å². The molecule has 2 aromatic rings. The minimum atomic E-state index is -0.773. The zero-order valence-electron chi connectivity index (χ0n) is 9.93. The van der Waals surface area contributed by atoms with Crippen molar-refractivity contribution in [1.29, 1.82) is 0 Å². The molecule has 0 aliphatic carbocycles. The molecule has 0 saturated carbocycles. The average molecular weight is 248 g/mol. The van der Waals surface area contributed by atoms with Gasteiger partial charge >= 0.3 is 5.97 Å². The quantitative estimate of drug-likeness (QED) is 0.779. The van der Waals surface area contributed by atoms with Crippen LogP contribution in [0.25, 0.3) is 10.9 Å². The molecule has 0 fully saturated rings. The normalized spacial score (nSPS) is 10.8. The molecule has 2 N–H and O–H groups in total. The molecular formula is C12H12N2O4. The van der Waals surface area contributed by atoms with Crippen LogP contribution in [-0.2, 0) is 4.74 Å². The fraction of sp³-hybridized carbons (Fsp3) is 0.250. The number of pyridine rings is 2. The zero-order valence-corrected chi connectivity index (χ0v) is 9.93. The number of hydrogen-bond acceptors (Lipinski definition) is 5. The zero-order chi connectivity index (χ0) is 13.3. The van der Waals surface area contributed by atoms with E-state index in [1.807, 2.05) is 0 Å². The number of esters is 1. The second-order valence-corrected chi connectivity index (χ2v) is 4.03. The van der Waals surface area contributed by atoms with Crippen LogP contribution in [-0.4, -0.2) is 27.1 Å². The van der Waals surface area contributed by atoms with Gasteiger partial charge in [-0.05, 0) is 26.0 Å². The molecule has 0 atom stereocenters. The number of ether oxygens (including phenoxy) is 1. The molecule has 0 bridgehead atoms. The summed E-state index contributed by atoms with van der Waals surface area (Å²) in [6.07, 6.45) is 1.09. The fourth-order valence-electron chi connectivity index (χ4n) is 1.56. The van der Waals surface area contributed by atoms with Crippen LogP contribution >= 0.6 is 0 Å². The van der Waals surface area contributed by atoms with E-state index >= 15 is 0 Å². The van der Waals surface area contributed by atoms with Gasteiger partial charge < -0.3 is 14.8 Å². The number of nitrogens with one attached hydrogen (secondary N) is 1. The Morgan fingerprint density at radius 1 is 1.50 bits per heavy atom. The van der Waals surface area contributed by atoms with E-state index in [-0.39, 0.29) is 28.5 Å². The van der Waals surface area contributed by atoms with Crippen LogP contribution < -0.4 is 5.56 Å². The Labute approximate surface area is 102 Å². The van der Waals surface area contributed by atoms with Crippen molar-refractivity contribution in [1.82, 2.24) is 9.97 Å². The van der Waals surface area contributed by atoms with Gasteiger partial charge in [-0.3, -0.25) is 9.78 Å². The van der Waals surface area contributed by atoms with Crippen LogP contribution in [0.3, 0.4) is 0 Å². The first-order valence-electron chi connectivity index (χ1n) is 5.41. The van der Waals surface area contributed by atoms with Gasteiger partial charge in [0.1, 0.15) is 5.52 Å². The molecule has 6 heteroatoms. The predicted molar refractivity (Wildman–Crippen MR) is 64.6 cm³/mol. The molecule has 0 aliphatic heterocycles. The lowest BCUT2D eigenvalue weighted by Crippen LogP contribution is -2.18. The molecule has 2 heterocycles. The number of aromatic hydroxyl groups is 1. The number of aromatic amines is 1. The summed E-state index contributed by atoms with van der Waals surface area (Å²) in [5.74, 6) is -1.10. The van der Waals surface area contributed by atoms with Crippen LogP contribution in [0.2, 0.25) is 0 Å². The Kier molecular flexibility index (Phi) is 3.01. The molecule has 18 heavy (non-hydrogen) atoms. The third kappa shape index (κ3) is 2.04. The standard InChI is InChI=1S/C12H12N2O4/c1-6(2)18-12(17)9-10(15)7-4-3-5-13-8(7)11(16)14-9/h3-6,15H,1-2H3,(H,14,16). The highest BCUT2D eigenvalue weighted by Gasteiger charge is 2.19. The number of fused-ring (bicyclic) bond motifs is 1. The number of H-pyrrole nitrogens is 1. The summed E-state index contributed by atoms with van der Waals surface area (Å²) in [6.45, 7) is 3.35. The largest absolute Gasteiger partial charge is 0.505 e. The van der Waals surface area contributed by atoms with Crippen LogP contribution in [0.15, 0.2) is 23.1 Å². The molecule has 0 unspecified atom stereocenters. The topological polar surface area (TPSA) is 92.3 Å². The molecule has 0 aromatic carbocycles. The lowest BCUT2D eigenvalue weighted by atomic mass is 10.2. The minimum Gasteiger partial charge on any atom is -0.505 e. The van der Waals surface area contributed by atoms with E-state index in [0.29, 0.717) is 0 Å². The van der Waals surface area contributed by atoms with Gasteiger partial charge in [0.15, 0.2) is 11.4 Å². The summed E-state index contributed by atoms with van der Waals surface area (Å²) < 4.78 is 4.93. The van der Waals surface area contributed by atoms with Gasteiger partial charge in [-0.25, -0.2) is 4.79 Å². The number of aromatic nitrogens is 2. The smallest absolute Gasteiger partial charge is 0.359 e. The van der Waals surface area contributed by atoms with E-state index < -0.39 is 11.5 Å². The summed E-state index contributed by atoms with van der Waals surface area (Å²) in [5.41, 5.74) is -0.718. The molecule has 94 valence electrons. The number of carbonyl (C=O) groups is 1. The molecule has 0 saturated heterocycles. The number of nitrogens with zero attached hydrogens (tertiary/aromatic N) is 1. The van der Waals surface area contributed by atoms with Gasteiger partial charge in [0.2, 0.25) is 0 Å². The molecule has 0 aliphatic rings. The highest BCUT2D eigenvalue weighted by atomic mass is 16.5. The second kappa shape index (κ2) is 4.48.